The van der Waals surface area contributed by atoms with Crippen LogP contribution in [-0.4, -0.2) is 22.8 Å². The van der Waals surface area contributed by atoms with Gasteiger partial charge in [-0.05, 0) is 24.6 Å². The van der Waals surface area contributed by atoms with Crippen LogP contribution >= 0.6 is 15.9 Å². The van der Waals surface area contributed by atoms with E-state index in [0.717, 1.165) is 23.9 Å². The van der Waals surface area contributed by atoms with E-state index in [9.17, 15) is 4.79 Å². The van der Waals surface area contributed by atoms with Crippen LogP contribution in [0.5, 0.6) is 0 Å². The summed E-state index contributed by atoms with van der Waals surface area (Å²) in [6.45, 7) is 3.96. The smallest absolute Gasteiger partial charge is 0.261 e. The lowest BCUT2D eigenvalue weighted by atomic mass is 10.2. The van der Waals surface area contributed by atoms with Crippen molar-refractivity contribution in [1.82, 2.24) is 9.55 Å². The Kier molecular flexibility index (Phi) is 5.10. The van der Waals surface area contributed by atoms with Crippen LogP contribution < -0.4 is 5.56 Å². The monoisotopic (exact) mass is 324 g/mol. The van der Waals surface area contributed by atoms with Crippen molar-refractivity contribution in [3.63, 3.8) is 0 Å². The van der Waals surface area contributed by atoms with Crippen molar-refractivity contribution < 1.29 is 4.74 Å². The van der Waals surface area contributed by atoms with E-state index in [1.807, 2.05) is 12.1 Å². The van der Waals surface area contributed by atoms with E-state index >= 15 is 0 Å². The largest absolute Gasteiger partial charge is 0.380 e. The van der Waals surface area contributed by atoms with Gasteiger partial charge in [-0.25, -0.2) is 4.98 Å². The molecule has 0 amide bonds. The molecule has 0 saturated heterocycles. The van der Waals surface area contributed by atoms with E-state index in [-0.39, 0.29) is 5.56 Å². The van der Waals surface area contributed by atoms with Gasteiger partial charge in [0.15, 0.2) is 0 Å². The lowest BCUT2D eigenvalue weighted by molar-refractivity contribution is 0.122. The van der Waals surface area contributed by atoms with Gasteiger partial charge in [0.25, 0.3) is 5.56 Å². The molecule has 0 atom stereocenters. The number of ether oxygens (including phenoxy) is 1. The zero-order valence-electron chi connectivity index (χ0n) is 10.9. The van der Waals surface area contributed by atoms with E-state index in [4.69, 9.17) is 4.74 Å². The maximum absolute atomic E-state index is 12.2. The highest BCUT2D eigenvalue weighted by Gasteiger charge is 2.04. The van der Waals surface area contributed by atoms with Gasteiger partial charge < -0.3 is 4.74 Å². The molecule has 0 aliphatic carbocycles. The summed E-state index contributed by atoms with van der Waals surface area (Å²) in [6, 6.07) is 5.50. The number of halogens is 1. The summed E-state index contributed by atoms with van der Waals surface area (Å²) in [5.74, 6) is 0. The van der Waals surface area contributed by atoms with Crippen molar-refractivity contribution in [1.29, 1.82) is 0 Å². The number of benzene rings is 1. The van der Waals surface area contributed by atoms with Crippen LogP contribution in [0, 0.1) is 0 Å². The Bertz CT molecular complexity index is 610. The molecular weight excluding hydrogens is 308 g/mol. The molecule has 0 fully saturated rings. The highest BCUT2D eigenvalue weighted by Crippen LogP contribution is 2.14. The Morgan fingerprint density at radius 1 is 1.37 bits per heavy atom. The van der Waals surface area contributed by atoms with Gasteiger partial charge in [0.05, 0.1) is 30.4 Å². The molecule has 4 nitrogen and oxygen atoms in total. The molecule has 2 aromatic rings. The number of hydrogen-bond acceptors (Lipinski definition) is 3. The minimum absolute atomic E-state index is 0.0170. The van der Waals surface area contributed by atoms with Gasteiger partial charge in [0.1, 0.15) is 0 Å². The van der Waals surface area contributed by atoms with Crippen LogP contribution in [0.15, 0.2) is 33.8 Å². The average molecular weight is 325 g/mol. The van der Waals surface area contributed by atoms with Crippen molar-refractivity contribution >= 4 is 26.8 Å². The minimum Gasteiger partial charge on any atom is -0.380 e. The molecular formula is C14H17BrN2O2. The first kappa shape index (κ1) is 14.2. The van der Waals surface area contributed by atoms with Crippen molar-refractivity contribution in [3.05, 3.63) is 39.4 Å². The lowest BCUT2D eigenvalue weighted by Crippen LogP contribution is -2.22. The number of unbranched alkanes of at least 4 members (excludes halogenated alkanes) is 1. The number of nitrogens with zero attached hydrogens (tertiary/aromatic N) is 2. The fraction of sp³-hybridized carbons (Fsp3) is 0.429. The van der Waals surface area contributed by atoms with Gasteiger partial charge in [-0.2, -0.15) is 0 Å². The second kappa shape index (κ2) is 6.82. The molecule has 2 rings (SSSR count). The van der Waals surface area contributed by atoms with Gasteiger partial charge in [0.2, 0.25) is 0 Å². The molecule has 1 heterocycles. The van der Waals surface area contributed by atoms with Crippen molar-refractivity contribution in [2.75, 3.05) is 13.2 Å². The molecule has 1 aromatic carbocycles. The fourth-order valence-corrected chi connectivity index (χ4v) is 2.15. The molecule has 0 N–H and O–H groups in total. The van der Waals surface area contributed by atoms with Crippen LogP contribution in [0.3, 0.4) is 0 Å². The molecule has 0 aliphatic rings. The Balaban J connectivity index is 2.10. The van der Waals surface area contributed by atoms with E-state index in [1.54, 1.807) is 17.0 Å². The van der Waals surface area contributed by atoms with Gasteiger partial charge in [-0.1, -0.05) is 29.3 Å². The van der Waals surface area contributed by atoms with Gasteiger partial charge in [0, 0.05) is 11.1 Å². The maximum atomic E-state index is 12.2. The third-order valence-corrected chi connectivity index (χ3v) is 3.40. The van der Waals surface area contributed by atoms with E-state index in [1.165, 1.54) is 0 Å². The Morgan fingerprint density at radius 2 is 2.21 bits per heavy atom. The zero-order valence-corrected chi connectivity index (χ0v) is 12.5. The number of fused-ring (bicyclic) bond motifs is 1. The average Bonchev–Trinajstić information content (AvgIpc) is 2.41. The number of rotatable bonds is 6. The predicted octanol–water partition coefficient (Wildman–Crippen LogP) is 2.98. The lowest BCUT2D eigenvalue weighted by Gasteiger charge is -2.07. The third kappa shape index (κ3) is 3.64. The molecule has 5 heteroatoms. The summed E-state index contributed by atoms with van der Waals surface area (Å²) < 4.78 is 7.99. The van der Waals surface area contributed by atoms with Gasteiger partial charge >= 0.3 is 0 Å². The predicted molar refractivity (Wildman–Crippen MR) is 79.4 cm³/mol. The van der Waals surface area contributed by atoms with Crippen LogP contribution in [0.1, 0.15) is 19.8 Å². The van der Waals surface area contributed by atoms with Gasteiger partial charge in [-0.3, -0.25) is 9.36 Å². The first-order valence-corrected chi connectivity index (χ1v) is 7.24. The Labute approximate surface area is 120 Å². The second-order valence-electron chi connectivity index (χ2n) is 4.37. The molecule has 0 unspecified atom stereocenters. The fourth-order valence-electron chi connectivity index (χ4n) is 1.80. The summed E-state index contributed by atoms with van der Waals surface area (Å²) in [5.41, 5.74) is 0.694. The first-order valence-electron chi connectivity index (χ1n) is 6.45. The molecule has 0 spiro atoms. The van der Waals surface area contributed by atoms with E-state index in [0.29, 0.717) is 24.1 Å². The molecule has 1 aromatic heterocycles. The summed E-state index contributed by atoms with van der Waals surface area (Å²) in [6.07, 6.45) is 3.76. The highest BCUT2D eigenvalue weighted by atomic mass is 79.9. The van der Waals surface area contributed by atoms with E-state index < -0.39 is 0 Å². The van der Waals surface area contributed by atoms with Crippen LogP contribution in [0.25, 0.3) is 10.9 Å². The normalized spacial score (nSPS) is 11.1. The highest BCUT2D eigenvalue weighted by molar-refractivity contribution is 9.10. The molecule has 0 radical (unpaired) electrons. The molecule has 0 saturated carbocycles. The van der Waals surface area contributed by atoms with Gasteiger partial charge in [-0.15, -0.1) is 0 Å². The summed E-state index contributed by atoms with van der Waals surface area (Å²) in [5, 5.41) is 0.638. The number of hydrogen-bond donors (Lipinski definition) is 0. The van der Waals surface area contributed by atoms with Crippen LogP contribution in [0.2, 0.25) is 0 Å². The van der Waals surface area contributed by atoms with Crippen LogP contribution in [0.4, 0.5) is 0 Å². The van der Waals surface area contributed by atoms with Crippen molar-refractivity contribution in [2.24, 2.45) is 0 Å². The first-order chi connectivity index (χ1) is 9.22. The Hall–Kier alpha value is -1.20. The maximum Gasteiger partial charge on any atom is 0.261 e. The quantitative estimate of drug-likeness (QED) is 0.767. The molecule has 0 aliphatic heterocycles. The van der Waals surface area contributed by atoms with Crippen molar-refractivity contribution in [3.8, 4) is 0 Å². The minimum atomic E-state index is -0.0170. The Morgan fingerprint density at radius 3 is 3.00 bits per heavy atom. The number of aromatic nitrogens is 2. The summed E-state index contributed by atoms with van der Waals surface area (Å²) >= 11 is 3.37. The second-order valence-corrected chi connectivity index (χ2v) is 5.29. The third-order valence-electron chi connectivity index (χ3n) is 2.91. The molecule has 0 bridgehead atoms. The zero-order chi connectivity index (χ0) is 13.7. The molecule has 102 valence electrons. The van der Waals surface area contributed by atoms with Crippen molar-refractivity contribution in [2.45, 2.75) is 26.3 Å². The topological polar surface area (TPSA) is 44.1 Å². The van der Waals surface area contributed by atoms with E-state index in [2.05, 4.69) is 27.8 Å². The molecule has 19 heavy (non-hydrogen) atoms. The SMILES string of the molecule is CCCCOCCn1cnc2cc(Br)ccc2c1=O. The summed E-state index contributed by atoms with van der Waals surface area (Å²) in [7, 11) is 0. The van der Waals surface area contributed by atoms with Crippen LogP contribution in [-0.2, 0) is 11.3 Å². The standard InChI is InChI=1S/C14H17BrN2O2/c1-2-3-7-19-8-6-17-10-16-13-9-11(15)4-5-12(13)14(17)18/h4-5,9-10H,2-3,6-8H2,1H3. The summed E-state index contributed by atoms with van der Waals surface area (Å²) in [4.78, 5) is 16.5.